The summed E-state index contributed by atoms with van der Waals surface area (Å²) in [6.07, 6.45) is 0.635. The average molecular weight is 323 g/mol. The Morgan fingerprint density at radius 3 is 2.25 bits per heavy atom. The van der Waals surface area contributed by atoms with Gasteiger partial charge in [0.05, 0.1) is 17.7 Å². The normalized spacial score (nSPS) is 13.5. The molecule has 0 aromatic heterocycles. The monoisotopic (exact) mass is 323 g/mol. The number of nitrogens with zero attached hydrogens (tertiary/aromatic N) is 1. The molecule has 3 rings (SSSR count). The van der Waals surface area contributed by atoms with Crippen LogP contribution in [-0.4, -0.2) is 29.9 Å². The lowest BCUT2D eigenvalue weighted by Crippen LogP contribution is -2.31. The van der Waals surface area contributed by atoms with Gasteiger partial charge in [-0.05, 0) is 43.5 Å². The summed E-state index contributed by atoms with van der Waals surface area (Å²) >= 11 is 0. The van der Waals surface area contributed by atoms with Crippen LogP contribution < -0.4 is 0 Å². The molecule has 0 spiro atoms. The quantitative estimate of drug-likeness (QED) is 0.604. The van der Waals surface area contributed by atoms with Crippen molar-refractivity contribution in [2.45, 2.75) is 26.9 Å². The molecule has 0 saturated heterocycles. The van der Waals surface area contributed by atoms with Crippen LogP contribution >= 0.6 is 0 Å². The number of aryl methyl sites for hydroxylation is 2. The van der Waals surface area contributed by atoms with Gasteiger partial charge in [-0.1, -0.05) is 35.9 Å². The lowest BCUT2D eigenvalue weighted by Gasteiger charge is -2.14. The third kappa shape index (κ3) is 3.24. The summed E-state index contributed by atoms with van der Waals surface area (Å²) in [5.41, 5.74) is 4.62. The van der Waals surface area contributed by atoms with Gasteiger partial charge in [0.25, 0.3) is 11.8 Å². The van der Waals surface area contributed by atoms with Crippen LogP contribution in [0.15, 0.2) is 42.5 Å². The van der Waals surface area contributed by atoms with E-state index in [4.69, 9.17) is 4.74 Å². The van der Waals surface area contributed by atoms with E-state index in [0.29, 0.717) is 37.3 Å². The van der Waals surface area contributed by atoms with Gasteiger partial charge in [0.1, 0.15) is 0 Å². The largest absolute Gasteiger partial charge is 0.377 e. The van der Waals surface area contributed by atoms with Crippen LogP contribution in [0.3, 0.4) is 0 Å². The van der Waals surface area contributed by atoms with Crippen LogP contribution in [-0.2, 0) is 11.3 Å². The summed E-state index contributed by atoms with van der Waals surface area (Å²) in [6.45, 7) is 5.60. The lowest BCUT2D eigenvalue weighted by atomic mass is 10.1. The summed E-state index contributed by atoms with van der Waals surface area (Å²) in [5.74, 6) is -0.407. The van der Waals surface area contributed by atoms with Crippen LogP contribution in [0.25, 0.3) is 0 Å². The number of imide groups is 1. The van der Waals surface area contributed by atoms with E-state index < -0.39 is 0 Å². The predicted octanol–water partition coefficient (Wildman–Crippen LogP) is 3.51. The Morgan fingerprint density at radius 1 is 0.958 bits per heavy atom. The number of hydrogen-bond acceptors (Lipinski definition) is 3. The van der Waals surface area contributed by atoms with Crippen molar-refractivity contribution in [1.82, 2.24) is 4.90 Å². The molecule has 0 aliphatic carbocycles. The second-order valence-electron chi connectivity index (χ2n) is 6.14. The van der Waals surface area contributed by atoms with Crippen molar-refractivity contribution in [2.24, 2.45) is 0 Å². The van der Waals surface area contributed by atoms with E-state index in [1.54, 1.807) is 24.3 Å². The van der Waals surface area contributed by atoms with E-state index >= 15 is 0 Å². The molecular weight excluding hydrogens is 302 g/mol. The molecule has 0 saturated carbocycles. The molecule has 1 aliphatic rings. The fourth-order valence-corrected chi connectivity index (χ4v) is 2.96. The first-order chi connectivity index (χ1) is 11.6. The number of carbonyl (C=O) groups is 2. The van der Waals surface area contributed by atoms with Crippen LogP contribution in [0.4, 0.5) is 0 Å². The Kier molecular flexibility index (Phi) is 4.76. The maximum absolute atomic E-state index is 12.2. The molecule has 2 aromatic rings. The Labute approximate surface area is 142 Å². The minimum atomic E-state index is -0.204. The smallest absolute Gasteiger partial charge is 0.261 e. The number of hydrogen-bond donors (Lipinski definition) is 0. The van der Waals surface area contributed by atoms with Crippen LogP contribution in [0.2, 0.25) is 0 Å². The summed E-state index contributed by atoms with van der Waals surface area (Å²) < 4.78 is 5.70. The van der Waals surface area contributed by atoms with Gasteiger partial charge < -0.3 is 4.74 Å². The Balaban J connectivity index is 1.48. The molecule has 2 aromatic carbocycles. The van der Waals surface area contributed by atoms with Gasteiger partial charge in [0.2, 0.25) is 0 Å². The molecule has 4 heteroatoms. The lowest BCUT2D eigenvalue weighted by molar-refractivity contribution is 0.0619. The predicted molar refractivity (Wildman–Crippen MR) is 92.0 cm³/mol. The molecule has 0 N–H and O–H groups in total. The van der Waals surface area contributed by atoms with Gasteiger partial charge in [-0.3, -0.25) is 14.5 Å². The molecule has 1 heterocycles. The van der Waals surface area contributed by atoms with E-state index in [2.05, 4.69) is 32.0 Å². The van der Waals surface area contributed by atoms with Crippen molar-refractivity contribution in [2.75, 3.05) is 13.2 Å². The van der Waals surface area contributed by atoms with Crippen LogP contribution in [0.5, 0.6) is 0 Å². The highest BCUT2D eigenvalue weighted by atomic mass is 16.5. The molecule has 2 amide bonds. The zero-order valence-electron chi connectivity index (χ0n) is 14.0. The van der Waals surface area contributed by atoms with E-state index in [0.717, 1.165) is 0 Å². The van der Waals surface area contributed by atoms with Crippen LogP contribution in [0.1, 0.15) is 43.8 Å². The summed E-state index contributed by atoms with van der Waals surface area (Å²) in [6, 6.07) is 13.2. The van der Waals surface area contributed by atoms with Crippen molar-refractivity contribution in [3.05, 3.63) is 70.3 Å². The van der Waals surface area contributed by atoms with Gasteiger partial charge in [-0.25, -0.2) is 0 Å². The SMILES string of the molecule is Cc1ccc(COCCCN2C(=O)c3ccccc3C2=O)c(C)c1. The highest BCUT2D eigenvalue weighted by Crippen LogP contribution is 2.22. The van der Waals surface area contributed by atoms with Crippen molar-refractivity contribution < 1.29 is 14.3 Å². The van der Waals surface area contributed by atoms with E-state index in [9.17, 15) is 9.59 Å². The minimum absolute atomic E-state index is 0.204. The molecule has 0 radical (unpaired) electrons. The van der Waals surface area contributed by atoms with E-state index in [1.807, 2.05) is 0 Å². The maximum Gasteiger partial charge on any atom is 0.261 e. The van der Waals surface area contributed by atoms with Gasteiger partial charge in [-0.2, -0.15) is 0 Å². The maximum atomic E-state index is 12.2. The molecule has 4 nitrogen and oxygen atoms in total. The van der Waals surface area contributed by atoms with Crippen molar-refractivity contribution in [3.8, 4) is 0 Å². The number of ether oxygens (including phenoxy) is 1. The molecule has 0 unspecified atom stereocenters. The standard InChI is InChI=1S/C20H21NO3/c1-14-8-9-16(15(2)12-14)13-24-11-5-10-21-19(22)17-6-3-4-7-18(17)20(21)23/h3-4,6-9,12H,5,10-11,13H2,1-2H3. The molecule has 0 atom stereocenters. The Bertz CT molecular complexity index is 747. The molecule has 124 valence electrons. The van der Waals surface area contributed by atoms with E-state index in [1.165, 1.54) is 21.6 Å². The van der Waals surface area contributed by atoms with Gasteiger partial charge in [0.15, 0.2) is 0 Å². The van der Waals surface area contributed by atoms with Crippen LogP contribution in [0, 0.1) is 13.8 Å². The third-order valence-electron chi connectivity index (χ3n) is 4.30. The summed E-state index contributed by atoms with van der Waals surface area (Å²) in [7, 11) is 0. The first kappa shape index (κ1) is 16.4. The Hall–Kier alpha value is -2.46. The number of rotatable bonds is 6. The zero-order valence-corrected chi connectivity index (χ0v) is 14.0. The average Bonchev–Trinajstić information content (AvgIpc) is 2.81. The molecule has 24 heavy (non-hydrogen) atoms. The topological polar surface area (TPSA) is 46.6 Å². The first-order valence-electron chi connectivity index (χ1n) is 8.17. The van der Waals surface area contributed by atoms with Crippen molar-refractivity contribution >= 4 is 11.8 Å². The second-order valence-corrected chi connectivity index (χ2v) is 6.14. The number of carbonyl (C=O) groups excluding carboxylic acids is 2. The molecule has 1 aliphatic heterocycles. The second kappa shape index (κ2) is 6.97. The highest BCUT2D eigenvalue weighted by Gasteiger charge is 2.34. The van der Waals surface area contributed by atoms with Crippen molar-refractivity contribution in [3.63, 3.8) is 0 Å². The van der Waals surface area contributed by atoms with Gasteiger partial charge >= 0.3 is 0 Å². The number of fused-ring (bicyclic) bond motifs is 1. The minimum Gasteiger partial charge on any atom is -0.377 e. The Morgan fingerprint density at radius 2 is 1.62 bits per heavy atom. The number of benzene rings is 2. The van der Waals surface area contributed by atoms with E-state index in [-0.39, 0.29) is 11.8 Å². The fourth-order valence-electron chi connectivity index (χ4n) is 2.96. The van der Waals surface area contributed by atoms with Gasteiger partial charge in [0, 0.05) is 13.2 Å². The number of amides is 2. The molecule has 0 fully saturated rings. The fraction of sp³-hybridized carbons (Fsp3) is 0.300. The molecular formula is C20H21NO3. The first-order valence-corrected chi connectivity index (χ1v) is 8.17. The van der Waals surface area contributed by atoms with Crippen molar-refractivity contribution in [1.29, 1.82) is 0 Å². The third-order valence-corrected chi connectivity index (χ3v) is 4.30. The zero-order chi connectivity index (χ0) is 17.1. The summed E-state index contributed by atoms with van der Waals surface area (Å²) in [4.78, 5) is 25.8. The van der Waals surface area contributed by atoms with Gasteiger partial charge in [-0.15, -0.1) is 0 Å². The highest BCUT2D eigenvalue weighted by molar-refractivity contribution is 6.21. The molecule has 0 bridgehead atoms. The summed E-state index contributed by atoms with van der Waals surface area (Å²) in [5, 5.41) is 0.